The zero-order chi connectivity index (χ0) is 15.5. The zero-order valence-electron chi connectivity index (χ0n) is 12.3. The average molecular weight is 311 g/mol. The maximum atomic E-state index is 12.1. The molecule has 6 nitrogen and oxygen atoms in total. The van der Waals surface area contributed by atoms with Gasteiger partial charge in [0.05, 0.1) is 6.26 Å². The second kappa shape index (κ2) is 6.44. The van der Waals surface area contributed by atoms with Crippen LogP contribution in [0, 0.1) is 0 Å². The van der Waals surface area contributed by atoms with Crippen LogP contribution in [0.5, 0.6) is 0 Å². The van der Waals surface area contributed by atoms with E-state index in [9.17, 15) is 13.2 Å². The number of likely N-dealkylation sites (tertiary alicyclic amines) is 1. The van der Waals surface area contributed by atoms with Gasteiger partial charge >= 0.3 is 6.03 Å². The van der Waals surface area contributed by atoms with Crippen LogP contribution in [-0.2, 0) is 10.0 Å². The van der Waals surface area contributed by atoms with Crippen molar-refractivity contribution in [3.63, 3.8) is 0 Å². The quantitative estimate of drug-likeness (QED) is 0.921. The van der Waals surface area contributed by atoms with Crippen molar-refractivity contribution in [2.45, 2.75) is 18.9 Å². The molecular formula is C14H21N3O3S. The van der Waals surface area contributed by atoms with Crippen molar-refractivity contribution < 1.29 is 13.2 Å². The number of nitrogens with one attached hydrogen (secondary N) is 1. The van der Waals surface area contributed by atoms with Gasteiger partial charge in [-0.3, -0.25) is 0 Å². The van der Waals surface area contributed by atoms with E-state index in [0.717, 1.165) is 5.69 Å². The molecule has 1 N–H and O–H groups in total. The number of piperidine rings is 1. The van der Waals surface area contributed by atoms with Crippen molar-refractivity contribution in [2.75, 3.05) is 31.7 Å². The molecule has 116 valence electrons. The Morgan fingerprint density at radius 1 is 1.24 bits per heavy atom. The van der Waals surface area contributed by atoms with E-state index in [1.54, 1.807) is 11.9 Å². The molecule has 2 rings (SSSR count). The van der Waals surface area contributed by atoms with Crippen LogP contribution in [0.1, 0.15) is 12.8 Å². The van der Waals surface area contributed by atoms with E-state index in [1.807, 2.05) is 30.3 Å². The number of carbonyl (C=O) groups excluding carboxylic acids is 1. The highest BCUT2D eigenvalue weighted by Gasteiger charge is 2.28. The van der Waals surface area contributed by atoms with Gasteiger partial charge in [-0.1, -0.05) is 18.2 Å². The molecule has 1 aliphatic heterocycles. The number of carbonyl (C=O) groups is 1. The van der Waals surface area contributed by atoms with E-state index in [-0.39, 0.29) is 12.1 Å². The van der Waals surface area contributed by atoms with Gasteiger partial charge in [-0.2, -0.15) is 0 Å². The number of hydrogen-bond donors (Lipinski definition) is 1. The first-order chi connectivity index (χ1) is 9.88. The smallest absolute Gasteiger partial charge is 0.321 e. The summed E-state index contributed by atoms with van der Waals surface area (Å²) >= 11 is 0. The molecule has 1 aromatic rings. The van der Waals surface area contributed by atoms with Crippen LogP contribution in [-0.4, -0.2) is 56.1 Å². The molecule has 1 saturated heterocycles. The minimum Gasteiger partial charge on any atom is -0.324 e. The molecule has 1 fully saturated rings. The number of sulfonamides is 1. The van der Waals surface area contributed by atoms with Crippen molar-refractivity contribution in [2.24, 2.45) is 0 Å². The highest BCUT2D eigenvalue weighted by molar-refractivity contribution is 7.88. The summed E-state index contributed by atoms with van der Waals surface area (Å²) in [7, 11) is -1.58. The van der Waals surface area contributed by atoms with Gasteiger partial charge in [-0.05, 0) is 25.0 Å². The fraction of sp³-hybridized carbons (Fsp3) is 0.500. The number of rotatable bonds is 3. The molecule has 0 aromatic heterocycles. The summed E-state index contributed by atoms with van der Waals surface area (Å²) < 4.78 is 24.4. The van der Waals surface area contributed by atoms with E-state index in [1.165, 1.54) is 10.6 Å². The van der Waals surface area contributed by atoms with Gasteiger partial charge < -0.3 is 10.2 Å². The predicted octanol–water partition coefficient (Wildman–Crippen LogP) is 1.57. The molecule has 0 bridgehead atoms. The van der Waals surface area contributed by atoms with Crippen LogP contribution in [0.4, 0.5) is 10.5 Å². The molecule has 1 aromatic carbocycles. The number of urea groups is 1. The predicted molar refractivity (Wildman–Crippen MR) is 82.7 cm³/mol. The lowest BCUT2D eigenvalue weighted by molar-refractivity contribution is 0.175. The lowest BCUT2D eigenvalue weighted by Gasteiger charge is -2.35. The summed E-state index contributed by atoms with van der Waals surface area (Å²) in [6.45, 7) is 1.12. The third kappa shape index (κ3) is 4.18. The molecule has 0 saturated carbocycles. The van der Waals surface area contributed by atoms with Gasteiger partial charge in [-0.15, -0.1) is 0 Å². The Morgan fingerprint density at radius 3 is 2.33 bits per heavy atom. The molecule has 1 heterocycles. The average Bonchev–Trinajstić information content (AvgIpc) is 2.46. The van der Waals surface area contributed by atoms with E-state index < -0.39 is 10.0 Å². The summed E-state index contributed by atoms with van der Waals surface area (Å²) in [6, 6.07) is 9.13. The normalized spacial score (nSPS) is 17.0. The van der Waals surface area contributed by atoms with Gasteiger partial charge in [0.2, 0.25) is 10.0 Å². The number of amides is 2. The fourth-order valence-electron chi connectivity index (χ4n) is 2.43. The Morgan fingerprint density at radius 2 is 1.81 bits per heavy atom. The number of benzene rings is 1. The van der Waals surface area contributed by atoms with E-state index in [4.69, 9.17) is 0 Å². The van der Waals surface area contributed by atoms with Crippen molar-refractivity contribution in [1.82, 2.24) is 9.21 Å². The molecule has 2 amide bonds. The van der Waals surface area contributed by atoms with Crippen LogP contribution < -0.4 is 5.32 Å². The Kier molecular flexibility index (Phi) is 4.84. The number of hydrogen-bond acceptors (Lipinski definition) is 3. The molecule has 7 heteroatoms. The first kappa shape index (κ1) is 15.8. The lowest BCUT2D eigenvalue weighted by Crippen LogP contribution is -2.48. The highest BCUT2D eigenvalue weighted by atomic mass is 32.2. The number of para-hydroxylation sites is 1. The third-order valence-electron chi connectivity index (χ3n) is 3.81. The molecule has 0 spiro atoms. The Hall–Kier alpha value is -1.60. The van der Waals surface area contributed by atoms with Gasteiger partial charge in [0.25, 0.3) is 0 Å². The molecule has 0 unspecified atom stereocenters. The van der Waals surface area contributed by atoms with Gasteiger partial charge in [0, 0.05) is 31.9 Å². The Balaban J connectivity index is 1.88. The topological polar surface area (TPSA) is 69.7 Å². The fourth-order valence-corrected chi connectivity index (χ4v) is 3.18. The number of anilines is 1. The first-order valence-corrected chi connectivity index (χ1v) is 8.77. The Labute approximate surface area is 125 Å². The van der Waals surface area contributed by atoms with Crippen molar-refractivity contribution >= 4 is 21.7 Å². The molecule has 21 heavy (non-hydrogen) atoms. The van der Waals surface area contributed by atoms with Gasteiger partial charge in [0.15, 0.2) is 0 Å². The molecule has 0 radical (unpaired) electrons. The van der Waals surface area contributed by atoms with Crippen LogP contribution in [0.15, 0.2) is 30.3 Å². The van der Waals surface area contributed by atoms with Crippen LogP contribution in [0.3, 0.4) is 0 Å². The number of nitrogens with zero attached hydrogens (tertiary/aromatic N) is 2. The summed E-state index contributed by atoms with van der Waals surface area (Å²) in [5.41, 5.74) is 0.762. The Bertz CT molecular complexity index is 581. The van der Waals surface area contributed by atoms with E-state index in [2.05, 4.69) is 5.32 Å². The summed E-state index contributed by atoms with van der Waals surface area (Å²) in [4.78, 5) is 13.8. The molecule has 1 aliphatic rings. The van der Waals surface area contributed by atoms with Crippen LogP contribution in [0.25, 0.3) is 0 Å². The first-order valence-electron chi connectivity index (χ1n) is 6.92. The van der Waals surface area contributed by atoms with Crippen molar-refractivity contribution in [1.29, 1.82) is 0 Å². The molecule has 0 atom stereocenters. The van der Waals surface area contributed by atoms with E-state index in [0.29, 0.717) is 25.9 Å². The van der Waals surface area contributed by atoms with Crippen LogP contribution in [0.2, 0.25) is 0 Å². The largest absolute Gasteiger partial charge is 0.324 e. The summed E-state index contributed by atoms with van der Waals surface area (Å²) in [5, 5.41) is 2.84. The van der Waals surface area contributed by atoms with Crippen LogP contribution >= 0.6 is 0 Å². The van der Waals surface area contributed by atoms with Gasteiger partial charge in [-0.25, -0.2) is 17.5 Å². The monoisotopic (exact) mass is 311 g/mol. The molecular weight excluding hydrogens is 290 g/mol. The lowest BCUT2D eigenvalue weighted by atomic mass is 10.1. The zero-order valence-corrected chi connectivity index (χ0v) is 13.1. The highest BCUT2D eigenvalue weighted by Crippen LogP contribution is 2.18. The third-order valence-corrected chi connectivity index (χ3v) is 5.16. The second-order valence-electron chi connectivity index (χ2n) is 5.29. The summed E-state index contributed by atoms with van der Waals surface area (Å²) in [6.07, 6.45) is 2.53. The van der Waals surface area contributed by atoms with Gasteiger partial charge in [0.1, 0.15) is 0 Å². The van der Waals surface area contributed by atoms with Crippen molar-refractivity contribution in [3.05, 3.63) is 30.3 Å². The minimum absolute atomic E-state index is 0.0271. The molecule has 0 aliphatic carbocycles. The van der Waals surface area contributed by atoms with E-state index >= 15 is 0 Å². The SMILES string of the molecule is CN(C1CCN(C(=O)Nc2ccccc2)CC1)S(C)(=O)=O. The second-order valence-corrected chi connectivity index (χ2v) is 7.34. The van der Waals surface area contributed by atoms with Crippen molar-refractivity contribution in [3.8, 4) is 0 Å². The maximum absolute atomic E-state index is 12.1. The maximum Gasteiger partial charge on any atom is 0.321 e. The minimum atomic E-state index is -3.17. The summed E-state index contributed by atoms with van der Waals surface area (Å²) in [5.74, 6) is 0. The standard InChI is InChI=1S/C14H21N3O3S/c1-16(21(2,19)20)13-8-10-17(11-9-13)14(18)15-12-6-4-3-5-7-12/h3-7,13H,8-11H2,1-2H3,(H,15,18).